The summed E-state index contributed by atoms with van der Waals surface area (Å²) in [6, 6.07) is 2.59. The van der Waals surface area contributed by atoms with Crippen molar-refractivity contribution in [1.29, 1.82) is 0 Å². The molecular formula is C12H15BrClF3N2O2S. The number of alkyl halides is 3. The molecule has 1 fully saturated rings. The molecule has 2 rings (SSSR count). The van der Waals surface area contributed by atoms with Gasteiger partial charge in [-0.15, -0.1) is 12.4 Å². The molecular weight excluding hydrogens is 409 g/mol. The molecule has 1 atom stereocenters. The van der Waals surface area contributed by atoms with Gasteiger partial charge in [0, 0.05) is 30.1 Å². The topological polar surface area (TPSA) is 49.4 Å². The molecule has 126 valence electrons. The van der Waals surface area contributed by atoms with Gasteiger partial charge in [0.25, 0.3) is 0 Å². The van der Waals surface area contributed by atoms with Gasteiger partial charge in [-0.25, -0.2) is 8.42 Å². The second-order valence-corrected chi connectivity index (χ2v) is 7.62. The van der Waals surface area contributed by atoms with Crippen molar-refractivity contribution in [2.45, 2.75) is 24.0 Å². The van der Waals surface area contributed by atoms with E-state index in [1.54, 1.807) is 0 Å². The second-order valence-electron chi connectivity index (χ2n) is 4.86. The normalized spacial score (nSPS) is 20.5. The van der Waals surface area contributed by atoms with Crippen LogP contribution in [-0.4, -0.2) is 38.4 Å². The molecule has 0 aromatic heterocycles. The molecule has 1 aliphatic heterocycles. The Balaban J connectivity index is 0.00000242. The Morgan fingerprint density at radius 1 is 1.36 bits per heavy atom. The molecule has 1 N–H and O–H groups in total. The fraction of sp³-hybridized carbons (Fsp3) is 0.500. The third-order valence-corrected chi connectivity index (χ3v) is 6.07. The van der Waals surface area contributed by atoms with Crippen molar-refractivity contribution in [1.82, 2.24) is 9.62 Å². The maximum absolute atomic E-state index is 12.8. The van der Waals surface area contributed by atoms with Crippen LogP contribution in [0.1, 0.15) is 12.5 Å². The first kappa shape index (κ1) is 19.7. The summed E-state index contributed by atoms with van der Waals surface area (Å²) in [6.45, 7) is 2.75. The standard InChI is InChI=1S/C12H14BrF3N2O2S.ClH/c1-8-7-18(5-4-17-8)21(19,20)11-6-9(12(14,15)16)2-3-10(11)13;/h2-3,6,8,17H,4-5,7H2,1H3;1H. The molecule has 1 aliphatic rings. The molecule has 0 aliphatic carbocycles. The molecule has 0 bridgehead atoms. The van der Waals surface area contributed by atoms with Gasteiger partial charge >= 0.3 is 6.18 Å². The molecule has 1 saturated heterocycles. The molecule has 0 saturated carbocycles. The Bertz CT molecular complexity index is 640. The molecule has 1 heterocycles. The summed E-state index contributed by atoms with van der Waals surface area (Å²) in [4.78, 5) is -0.355. The highest BCUT2D eigenvalue weighted by molar-refractivity contribution is 9.10. The van der Waals surface area contributed by atoms with Gasteiger partial charge in [0.1, 0.15) is 0 Å². The van der Waals surface area contributed by atoms with Crippen LogP contribution in [0, 0.1) is 0 Å². The lowest BCUT2D eigenvalue weighted by Gasteiger charge is -2.31. The van der Waals surface area contributed by atoms with Gasteiger partial charge < -0.3 is 5.32 Å². The number of hydrogen-bond acceptors (Lipinski definition) is 3. The van der Waals surface area contributed by atoms with E-state index in [0.29, 0.717) is 12.6 Å². The highest BCUT2D eigenvalue weighted by Gasteiger charge is 2.35. The molecule has 1 aromatic carbocycles. The van der Waals surface area contributed by atoms with Crippen molar-refractivity contribution in [2.24, 2.45) is 0 Å². The average Bonchev–Trinajstić information content (AvgIpc) is 2.37. The fourth-order valence-corrected chi connectivity index (χ4v) is 4.61. The summed E-state index contributed by atoms with van der Waals surface area (Å²) in [6.07, 6.45) is -4.58. The summed E-state index contributed by atoms with van der Waals surface area (Å²) < 4.78 is 64.7. The van der Waals surface area contributed by atoms with E-state index >= 15 is 0 Å². The lowest BCUT2D eigenvalue weighted by Crippen LogP contribution is -2.51. The minimum Gasteiger partial charge on any atom is -0.312 e. The van der Waals surface area contributed by atoms with Crippen LogP contribution in [0.5, 0.6) is 0 Å². The highest BCUT2D eigenvalue weighted by Crippen LogP contribution is 2.34. The Labute approximate surface area is 141 Å². The first-order valence-corrected chi connectivity index (χ1v) is 8.46. The molecule has 0 spiro atoms. The van der Waals surface area contributed by atoms with Gasteiger partial charge in [-0.1, -0.05) is 0 Å². The van der Waals surface area contributed by atoms with Crippen molar-refractivity contribution in [2.75, 3.05) is 19.6 Å². The van der Waals surface area contributed by atoms with Crippen molar-refractivity contribution < 1.29 is 21.6 Å². The summed E-state index contributed by atoms with van der Waals surface area (Å²) in [5.41, 5.74) is -0.979. The summed E-state index contributed by atoms with van der Waals surface area (Å²) in [7, 11) is -3.96. The van der Waals surface area contributed by atoms with Crippen LogP contribution in [0.4, 0.5) is 13.2 Å². The van der Waals surface area contributed by atoms with Gasteiger partial charge in [-0.3, -0.25) is 0 Å². The van der Waals surface area contributed by atoms with Gasteiger partial charge in [0.05, 0.1) is 10.5 Å². The number of rotatable bonds is 2. The maximum Gasteiger partial charge on any atom is 0.416 e. The zero-order valence-electron chi connectivity index (χ0n) is 11.5. The van der Waals surface area contributed by atoms with Crippen LogP contribution < -0.4 is 5.32 Å². The molecule has 10 heteroatoms. The number of benzene rings is 1. The van der Waals surface area contributed by atoms with Crippen molar-refractivity contribution >= 4 is 38.4 Å². The van der Waals surface area contributed by atoms with Crippen LogP contribution in [0.2, 0.25) is 0 Å². The Hall–Kier alpha value is -0.350. The lowest BCUT2D eigenvalue weighted by atomic mass is 10.2. The average molecular weight is 424 g/mol. The number of hydrogen-bond donors (Lipinski definition) is 1. The van der Waals surface area contributed by atoms with Crippen LogP contribution in [-0.2, 0) is 16.2 Å². The van der Waals surface area contributed by atoms with Crippen LogP contribution in [0.3, 0.4) is 0 Å². The Morgan fingerprint density at radius 3 is 2.55 bits per heavy atom. The quantitative estimate of drug-likeness (QED) is 0.796. The number of nitrogens with zero attached hydrogens (tertiary/aromatic N) is 1. The lowest BCUT2D eigenvalue weighted by molar-refractivity contribution is -0.137. The minimum atomic E-state index is -4.58. The van der Waals surface area contributed by atoms with Gasteiger partial charge in [-0.05, 0) is 41.1 Å². The van der Waals surface area contributed by atoms with E-state index in [1.165, 1.54) is 4.31 Å². The molecule has 1 unspecified atom stereocenters. The van der Waals surface area contributed by atoms with Gasteiger partial charge in [0.2, 0.25) is 10.0 Å². The largest absolute Gasteiger partial charge is 0.416 e. The first-order chi connectivity index (χ1) is 9.62. The van der Waals surface area contributed by atoms with E-state index in [1.807, 2.05) is 6.92 Å². The van der Waals surface area contributed by atoms with Crippen molar-refractivity contribution in [3.05, 3.63) is 28.2 Å². The Morgan fingerprint density at radius 2 is 2.00 bits per heavy atom. The van der Waals surface area contributed by atoms with Gasteiger partial charge in [0.15, 0.2) is 0 Å². The zero-order chi connectivity index (χ0) is 15.8. The molecule has 0 amide bonds. The van der Waals surface area contributed by atoms with E-state index in [9.17, 15) is 21.6 Å². The van der Waals surface area contributed by atoms with Crippen LogP contribution in [0.15, 0.2) is 27.6 Å². The summed E-state index contributed by atoms with van der Waals surface area (Å²) in [5, 5.41) is 3.09. The van der Waals surface area contributed by atoms with Crippen LogP contribution in [0.25, 0.3) is 0 Å². The Kier molecular flexibility index (Phi) is 6.30. The van der Waals surface area contributed by atoms with E-state index in [0.717, 1.165) is 12.1 Å². The molecule has 4 nitrogen and oxygen atoms in total. The van der Waals surface area contributed by atoms with Gasteiger partial charge in [-0.2, -0.15) is 17.5 Å². The molecule has 0 radical (unpaired) electrons. The van der Waals surface area contributed by atoms with E-state index in [-0.39, 0.29) is 40.9 Å². The fourth-order valence-electron chi connectivity index (χ4n) is 2.13. The van der Waals surface area contributed by atoms with Crippen LogP contribution >= 0.6 is 28.3 Å². The van der Waals surface area contributed by atoms with Crippen molar-refractivity contribution in [3.63, 3.8) is 0 Å². The number of halogens is 5. The monoisotopic (exact) mass is 422 g/mol. The molecule has 22 heavy (non-hydrogen) atoms. The number of nitrogens with one attached hydrogen (secondary N) is 1. The third-order valence-electron chi connectivity index (χ3n) is 3.21. The second kappa shape index (κ2) is 7.04. The SMILES string of the molecule is CC1CN(S(=O)(=O)c2cc(C(F)(F)F)ccc2Br)CCN1.Cl. The molecule has 1 aromatic rings. The maximum atomic E-state index is 12.8. The first-order valence-electron chi connectivity index (χ1n) is 6.22. The van der Waals surface area contributed by atoms with E-state index in [2.05, 4.69) is 21.2 Å². The number of piperazine rings is 1. The van der Waals surface area contributed by atoms with Crippen molar-refractivity contribution in [3.8, 4) is 0 Å². The predicted octanol–water partition coefficient (Wildman–Crippen LogP) is 2.87. The smallest absolute Gasteiger partial charge is 0.312 e. The van der Waals surface area contributed by atoms with E-state index < -0.39 is 21.8 Å². The summed E-state index contributed by atoms with van der Waals surface area (Å²) in [5.74, 6) is 0. The number of sulfonamides is 1. The summed E-state index contributed by atoms with van der Waals surface area (Å²) >= 11 is 3.03. The van der Waals surface area contributed by atoms with E-state index in [4.69, 9.17) is 0 Å². The zero-order valence-corrected chi connectivity index (χ0v) is 14.7. The minimum absolute atomic E-state index is 0. The highest BCUT2D eigenvalue weighted by atomic mass is 79.9. The predicted molar refractivity (Wildman–Crippen MR) is 82.6 cm³/mol. The third kappa shape index (κ3) is 4.14.